The normalized spacial score (nSPS) is 11.5. The minimum atomic E-state index is -1.10. The minimum Gasteiger partial charge on any atom is -0.504 e. The van der Waals surface area contributed by atoms with Crippen LogP contribution in [-0.4, -0.2) is 27.3 Å². The Balaban J connectivity index is 0.00000196. The summed E-state index contributed by atoms with van der Waals surface area (Å²) in [7, 11) is 0. The average molecular weight is 229 g/mol. The highest BCUT2D eigenvalue weighted by atomic mass is 32.1. The summed E-state index contributed by atoms with van der Waals surface area (Å²) in [5.41, 5.74) is 5.86. The van der Waals surface area contributed by atoms with Gasteiger partial charge in [0.2, 0.25) is 0 Å². The molecule has 0 aliphatic rings. The molecule has 1 atom stereocenters. The smallest absolute Gasteiger partial charge is 0.320 e. The summed E-state index contributed by atoms with van der Waals surface area (Å²) in [4.78, 5) is 10.4. The number of benzene rings is 1. The van der Waals surface area contributed by atoms with Crippen molar-refractivity contribution in [1.29, 1.82) is 0 Å². The first kappa shape index (κ1) is 13.6. The maximum atomic E-state index is 10.4. The summed E-state index contributed by atoms with van der Waals surface area (Å²) in [6.45, 7) is 0. The molecule has 0 fully saturated rings. The number of hydrogen-bond acceptors (Lipinski definition) is 4. The first-order valence-electron chi connectivity index (χ1n) is 4.00. The number of hydrogen-bond donors (Lipinski definition) is 4. The Labute approximate surface area is 93.6 Å². The summed E-state index contributed by atoms with van der Waals surface area (Å²) in [5, 5.41) is 26.6. The fraction of sp³-hybridized carbons (Fsp3) is 0.222. The second-order valence-electron chi connectivity index (χ2n) is 2.97. The molecule has 0 saturated heterocycles. The van der Waals surface area contributed by atoms with Crippen molar-refractivity contribution in [1.82, 2.24) is 0 Å². The molecule has 0 unspecified atom stereocenters. The van der Waals surface area contributed by atoms with Gasteiger partial charge in [-0.2, -0.15) is 0 Å². The monoisotopic (exact) mass is 229 g/mol. The van der Waals surface area contributed by atoms with E-state index in [-0.39, 0.29) is 31.4 Å². The molecule has 15 heavy (non-hydrogen) atoms. The average Bonchev–Trinajstić information content (AvgIpc) is 2.11. The van der Waals surface area contributed by atoms with Crippen molar-refractivity contribution in [2.45, 2.75) is 12.5 Å². The maximum absolute atomic E-state index is 10.4. The van der Waals surface area contributed by atoms with Crippen molar-refractivity contribution < 1.29 is 20.1 Å². The number of phenolic OH excluding ortho intramolecular Hbond substituents is 2. The summed E-state index contributed by atoms with van der Waals surface area (Å²) in [5.74, 6) is -1.62. The Kier molecular flexibility index (Phi) is 4.96. The number of carboxylic acid groups (broad SMARTS) is 1. The molecule has 1 rings (SSSR count). The molecule has 5 N–H and O–H groups in total. The van der Waals surface area contributed by atoms with Crippen molar-refractivity contribution in [2.24, 2.45) is 5.73 Å². The Morgan fingerprint density at radius 3 is 2.40 bits per heavy atom. The van der Waals surface area contributed by atoms with Gasteiger partial charge in [-0.15, -0.1) is 0 Å². The molecule has 0 bridgehead atoms. The topological polar surface area (TPSA) is 104 Å². The van der Waals surface area contributed by atoms with E-state index < -0.39 is 12.0 Å². The first-order valence-corrected chi connectivity index (χ1v) is 4.00. The van der Waals surface area contributed by atoms with Gasteiger partial charge in [0.25, 0.3) is 0 Å². The van der Waals surface area contributed by atoms with E-state index in [1.54, 1.807) is 0 Å². The summed E-state index contributed by atoms with van der Waals surface area (Å²) in [6.07, 6.45) is 0.114. The van der Waals surface area contributed by atoms with E-state index in [1.807, 2.05) is 0 Å². The molecule has 6 heteroatoms. The predicted octanol–water partition coefficient (Wildman–Crippen LogP) is 0.700. The van der Waals surface area contributed by atoms with Gasteiger partial charge < -0.3 is 21.1 Å². The molecule has 2 radical (unpaired) electrons. The van der Waals surface area contributed by atoms with Crippen molar-refractivity contribution in [3.05, 3.63) is 23.8 Å². The quantitative estimate of drug-likeness (QED) is 0.571. The van der Waals surface area contributed by atoms with Gasteiger partial charge in [-0.1, -0.05) is 6.07 Å². The number of carbonyl (C=O) groups is 1. The Morgan fingerprint density at radius 1 is 1.33 bits per heavy atom. The van der Waals surface area contributed by atoms with Crippen LogP contribution < -0.4 is 5.73 Å². The van der Waals surface area contributed by atoms with E-state index in [2.05, 4.69) is 0 Å². The number of carboxylic acids is 1. The highest BCUT2D eigenvalue weighted by Gasteiger charge is 2.12. The molecule has 0 saturated carbocycles. The van der Waals surface area contributed by atoms with Gasteiger partial charge in [0.1, 0.15) is 6.04 Å². The van der Waals surface area contributed by atoms with Crippen LogP contribution in [0.5, 0.6) is 11.5 Å². The van der Waals surface area contributed by atoms with Gasteiger partial charge in [0.15, 0.2) is 11.5 Å². The molecule has 0 aromatic heterocycles. The molecule has 0 heterocycles. The van der Waals surface area contributed by atoms with E-state index >= 15 is 0 Å². The Hall–Kier alpha value is -1.40. The maximum Gasteiger partial charge on any atom is 0.320 e. The Morgan fingerprint density at radius 2 is 1.93 bits per heavy atom. The van der Waals surface area contributed by atoms with Crippen molar-refractivity contribution in [3.63, 3.8) is 0 Å². The summed E-state index contributed by atoms with van der Waals surface area (Å²) < 4.78 is 0. The van der Waals surface area contributed by atoms with E-state index in [0.29, 0.717) is 5.56 Å². The zero-order valence-corrected chi connectivity index (χ0v) is 8.57. The number of phenols is 2. The van der Waals surface area contributed by atoms with Gasteiger partial charge in [-0.25, -0.2) is 0 Å². The second kappa shape index (κ2) is 5.47. The second-order valence-corrected chi connectivity index (χ2v) is 2.97. The molecule has 0 aliphatic carbocycles. The number of rotatable bonds is 3. The minimum absolute atomic E-state index is 0. The SMILES string of the molecule is N[C@@H](Cc1ccc(O)c(O)c1)C(=O)O.[S]. The van der Waals surface area contributed by atoms with Crippen LogP contribution in [0.3, 0.4) is 0 Å². The fourth-order valence-electron chi connectivity index (χ4n) is 1.04. The molecule has 1 aromatic carbocycles. The van der Waals surface area contributed by atoms with Crippen LogP contribution in [0.15, 0.2) is 18.2 Å². The van der Waals surface area contributed by atoms with Crippen molar-refractivity contribution >= 4 is 19.5 Å². The van der Waals surface area contributed by atoms with Crippen molar-refractivity contribution in [2.75, 3.05) is 0 Å². The molecular formula is C9H11NO4S. The number of aliphatic carboxylic acids is 1. The van der Waals surface area contributed by atoms with E-state index in [9.17, 15) is 4.79 Å². The zero-order chi connectivity index (χ0) is 10.7. The molecular weight excluding hydrogens is 218 g/mol. The predicted molar refractivity (Wildman–Crippen MR) is 56.7 cm³/mol. The fourth-order valence-corrected chi connectivity index (χ4v) is 1.04. The third-order valence-electron chi connectivity index (χ3n) is 1.81. The van der Waals surface area contributed by atoms with Crippen LogP contribution in [0.2, 0.25) is 0 Å². The molecule has 5 nitrogen and oxygen atoms in total. The van der Waals surface area contributed by atoms with Crippen molar-refractivity contribution in [3.8, 4) is 11.5 Å². The van der Waals surface area contributed by atoms with Gasteiger partial charge in [-0.05, 0) is 24.1 Å². The highest BCUT2D eigenvalue weighted by molar-refractivity contribution is 7.59. The molecule has 0 amide bonds. The molecule has 0 aliphatic heterocycles. The zero-order valence-electron chi connectivity index (χ0n) is 7.75. The van der Waals surface area contributed by atoms with Crippen LogP contribution >= 0.6 is 13.5 Å². The van der Waals surface area contributed by atoms with Gasteiger partial charge in [0, 0.05) is 13.5 Å². The van der Waals surface area contributed by atoms with Crippen LogP contribution in [0.4, 0.5) is 0 Å². The lowest BCUT2D eigenvalue weighted by Gasteiger charge is -2.06. The number of nitrogens with two attached hydrogens (primary N) is 1. The number of aromatic hydroxyl groups is 2. The van der Waals surface area contributed by atoms with Crippen LogP contribution in [0.1, 0.15) is 5.56 Å². The molecule has 0 spiro atoms. The Bertz CT molecular complexity index is 356. The van der Waals surface area contributed by atoms with Crippen LogP contribution in [-0.2, 0) is 11.2 Å². The summed E-state index contributed by atoms with van der Waals surface area (Å²) >= 11 is 0. The molecule has 1 aromatic rings. The largest absolute Gasteiger partial charge is 0.504 e. The van der Waals surface area contributed by atoms with E-state index in [0.717, 1.165) is 0 Å². The van der Waals surface area contributed by atoms with Gasteiger partial charge in [-0.3, -0.25) is 4.79 Å². The standard InChI is InChI=1S/C9H11NO4.S/c10-6(9(13)14)3-5-1-2-7(11)8(12)4-5;/h1-2,4,6,11-12H,3,10H2,(H,13,14);/t6-;/m0./s1. The third kappa shape index (κ3) is 3.69. The lowest BCUT2D eigenvalue weighted by atomic mass is 10.1. The lowest BCUT2D eigenvalue weighted by molar-refractivity contribution is -0.138. The van der Waals surface area contributed by atoms with E-state index in [1.165, 1.54) is 18.2 Å². The summed E-state index contributed by atoms with van der Waals surface area (Å²) in [6, 6.07) is 3.09. The lowest BCUT2D eigenvalue weighted by Crippen LogP contribution is -2.32. The van der Waals surface area contributed by atoms with E-state index in [4.69, 9.17) is 21.1 Å². The third-order valence-corrected chi connectivity index (χ3v) is 1.81. The van der Waals surface area contributed by atoms with Gasteiger partial charge in [0.05, 0.1) is 0 Å². The molecule has 82 valence electrons. The first-order chi connectivity index (χ1) is 6.50. The van der Waals surface area contributed by atoms with Gasteiger partial charge >= 0.3 is 5.97 Å². The van der Waals surface area contributed by atoms with Crippen LogP contribution in [0, 0.1) is 0 Å². The highest BCUT2D eigenvalue weighted by Crippen LogP contribution is 2.25. The van der Waals surface area contributed by atoms with Crippen LogP contribution in [0.25, 0.3) is 0 Å².